The summed E-state index contributed by atoms with van der Waals surface area (Å²) in [4.78, 5) is 0. The van der Waals surface area contributed by atoms with Crippen LogP contribution in [0.4, 0.5) is 0 Å². The van der Waals surface area contributed by atoms with Crippen molar-refractivity contribution >= 4 is 0 Å². The van der Waals surface area contributed by atoms with E-state index in [0.717, 1.165) is 23.8 Å². The zero-order chi connectivity index (χ0) is 10.0. The maximum Gasteiger partial charge on any atom is -0.00489 e. The zero-order valence-electron chi connectivity index (χ0n) is 9.60. The van der Waals surface area contributed by atoms with Crippen molar-refractivity contribution in [3.8, 4) is 0 Å². The fraction of sp³-hybridized carbons (Fsp3) is 1.00. The summed E-state index contributed by atoms with van der Waals surface area (Å²) in [6.45, 7) is 3.34. The minimum absolute atomic E-state index is 0.762. The molecule has 2 saturated carbocycles. The van der Waals surface area contributed by atoms with E-state index in [1.807, 2.05) is 0 Å². The Morgan fingerprint density at radius 3 is 2.00 bits per heavy atom. The summed E-state index contributed by atoms with van der Waals surface area (Å²) in [5, 5.41) is 0. The Morgan fingerprint density at radius 2 is 1.50 bits per heavy atom. The van der Waals surface area contributed by atoms with Gasteiger partial charge in [0.2, 0.25) is 0 Å². The lowest BCUT2D eigenvalue weighted by Crippen LogP contribution is -2.33. The van der Waals surface area contributed by atoms with Gasteiger partial charge in [-0.25, -0.2) is 0 Å². The van der Waals surface area contributed by atoms with Gasteiger partial charge in [-0.15, -0.1) is 0 Å². The van der Waals surface area contributed by atoms with Gasteiger partial charge in [0.1, 0.15) is 0 Å². The molecule has 0 unspecified atom stereocenters. The summed E-state index contributed by atoms with van der Waals surface area (Å²) in [5.41, 5.74) is 6.51. The Hall–Kier alpha value is -0.0400. The van der Waals surface area contributed by atoms with E-state index in [2.05, 4.69) is 6.92 Å². The maximum atomic E-state index is 5.74. The molecular weight excluding hydrogens is 170 g/mol. The molecule has 0 aromatic rings. The first-order valence-electron chi connectivity index (χ1n) is 6.44. The molecule has 2 N–H and O–H groups in total. The molecule has 2 aliphatic rings. The van der Waals surface area contributed by atoms with Crippen LogP contribution in [-0.2, 0) is 0 Å². The van der Waals surface area contributed by atoms with E-state index < -0.39 is 0 Å². The van der Waals surface area contributed by atoms with E-state index >= 15 is 0 Å². The van der Waals surface area contributed by atoms with Crippen molar-refractivity contribution in [2.24, 2.45) is 23.0 Å². The van der Waals surface area contributed by atoms with Crippen LogP contribution in [0.25, 0.3) is 0 Å². The molecule has 1 nitrogen and oxygen atoms in total. The zero-order valence-corrected chi connectivity index (χ0v) is 9.60. The van der Waals surface area contributed by atoms with E-state index in [1.54, 1.807) is 0 Å². The molecule has 0 bridgehead atoms. The normalized spacial score (nSPS) is 44.1. The second-order valence-electron chi connectivity index (χ2n) is 5.86. The van der Waals surface area contributed by atoms with E-state index in [4.69, 9.17) is 5.73 Å². The molecule has 1 spiro atoms. The van der Waals surface area contributed by atoms with Gasteiger partial charge >= 0.3 is 0 Å². The average Bonchev–Trinajstić information content (AvgIpc) is 2.24. The van der Waals surface area contributed by atoms with Crippen LogP contribution in [0.5, 0.6) is 0 Å². The first-order valence-corrected chi connectivity index (χ1v) is 6.44. The minimum atomic E-state index is 0.762. The summed E-state index contributed by atoms with van der Waals surface area (Å²) in [7, 11) is 0. The van der Waals surface area contributed by atoms with Crippen LogP contribution in [0.2, 0.25) is 0 Å². The van der Waals surface area contributed by atoms with Gasteiger partial charge in [-0.05, 0) is 62.3 Å². The lowest BCUT2D eigenvalue weighted by atomic mass is 9.62. The molecular formula is C13H25N. The van der Waals surface area contributed by atoms with Gasteiger partial charge in [-0.3, -0.25) is 0 Å². The second-order valence-corrected chi connectivity index (χ2v) is 5.86. The number of hydrogen-bond acceptors (Lipinski definition) is 1. The highest BCUT2D eigenvalue weighted by Crippen LogP contribution is 2.49. The van der Waals surface area contributed by atoms with Crippen LogP contribution in [0.15, 0.2) is 0 Å². The predicted octanol–water partition coefficient (Wildman–Crippen LogP) is 3.33. The molecule has 2 fully saturated rings. The minimum Gasteiger partial charge on any atom is -0.330 e. The topological polar surface area (TPSA) is 26.0 Å². The summed E-state index contributed by atoms with van der Waals surface area (Å²) in [5.74, 6) is 1.84. The van der Waals surface area contributed by atoms with Crippen LogP contribution < -0.4 is 5.73 Å². The van der Waals surface area contributed by atoms with Gasteiger partial charge in [0.25, 0.3) is 0 Å². The third-order valence-electron chi connectivity index (χ3n) is 4.83. The highest BCUT2D eigenvalue weighted by Gasteiger charge is 2.37. The molecule has 0 saturated heterocycles. The maximum absolute atomic E-state index is 5.74. The lowest BCUT2D eigenvalue weighted by Gasteiger charge is -2.44. The molecule has 0 heterocycles. The fourth-order valence-electron chi connectivity index (χ4n) is 3.40. The van der Waals surface area contributed by atoms with Crippen molar-refractivity contribution in [3.63, 3.8) is 0 Å². The molecule has 82 valence electrons. The third-order valence-corrected chi connectivity index (χ3v) is 4.83. The predicted molar refractivity (Wildman–Crippen MR) is 61.1 cm³/mol. The fourth-order valence-corrected chi connectivity index (χ4v) is 3.40. The largest absolute Gasteiger partial charge is 0.330 e. The van der Waals surface area contributed by atoms with Crippen LogP contribution in [0.1, 0.15) is 58.3 Å². The van der Waals surface area contributed by atoms with Crippen molar-refractivity contribution in [2.75, 3.05) is 6.54 Å². The first-order chi connectivity index (χ1) is 6.74. The Balaban J connectivity index is 1.86. The van der Waals surface area contributed by atoms with Gasteiger partial charge in [0, 0.05) is 0 Å². The molecule has 0 atom stereocenters. The monoisotopic (exact) mass is 195 g/mol. The van der Waals surface area contributed by atoms with Crippen molar-refractivity contribution in [3.05, 3.63) is 0 Å². The molecule has 1 heteroatoms. The molecule has 0 amide bonds. The Bertz CT molecular complexity index is 170. The van der Waals surface area contributed by atoms with Gasteiger partial charge in [0.15, 0.2) is 0 Å². The van der Waals surface area contributed by atoms with Crippen LogP contribution in [0.3, 0.4) is 0 Å². The number of rotatable bonds is 1. The number of nitrogens with two attached hydrogens (primary N) is 1. The Labute approximate surface area is 88.4 Å². The van der Waals surface area contributed by atoms with E-state index in [1.165, 1.54) is 51.4 Å². The Kier molecular flexibility index (Phi) is 3.16. The molecule has 0 aromatic carbocycles. The number of hydrogen-bond donors (Lipinski definition) is 1. The summed E-state index contributed by atoms with van der Waals surface area (Å²) in [6.07, 6.45) is 11.7. The summed E-state index contributed by atoms with van der Waals surface area (Å²) >= 11 is 0. The van der Waals surface area contributed by atoms with Crippen molar-refractivity contribution in [1.82, 2.24) is 0 Å². The lowest BCUT2D eigenvalue weighted by molar-refractivity contribution is 0.0811. The molecule has 0 aromatic heterocycles. The van der Waals surface area contributed by atoms with Crippen LogP contribution >= 0.6 is 0 Å². The molecule has 2 aliphatic carbocycles. The van der Waals surface area contributed by atoms with Crippen molar-refractivity contribution in [1.29, 1.82) is 0 Å². The highest BCUT2D eigenvalue weighted by atomic mass is 14.6. The quantitative estimate of drug-likeness (QED) is 0.682. The van der Waals surface area contributed by atoms with E-state index in [9.17, 15) is 0 Å². The smallest absolute Gasteiger partial charge is 0.00489 e. The third kappa shape index (κ3) is 2.13. The van der Waals surface area contributed by atoms with Crippen molar-refractivity contribution in [2.45, 2.75) is 58.3 Å². The van der Waals surface area contributed by atoms with Gasteiger partial charge in [-0.2, -0.15) is 0 Å². The highest BCUT2D eigenvalue weighted by molar-refractivity contribution is 4.89. The summed E-state index contributed by atoms with van der Waals surface area (Å²) < 4.78 is 0. The van der Waals surface area contributed by atoms with Gasteiger partial charge in [-0.1, -0.05) is 19.8 Å². The van der Waals surface area contributed by atoms with Crippen LogP contribution in [-0.4, -0.2) is 6.54 Å². The molecule has 14 heavy (non-hydrogen) atoms. The first kappa shape index (κ1) is 10.5. The summed E-state index contributed by atoms with van der Waals surface area (Å²) in [6, 6.07) is 0. The van der Waals surface area contributed by atoms with E-state index in [-0.39, 0.29) is 0 Å². The van der Waals surface area contributed by atoms with Crippen molar-refractivity contribution < 1.29 is 0 Å². The van der Waals surface area contributed by atoms with Gasteiger partial charge < -0.3 is 5.73 Å². The average molecular weight is 195 g/mol. The van der Waals surface area contributed by atoms with Gasteiger partial charge in [0.05, 0.1) is 0 Å². The SMILES string of the molecule is CC1CCC2(CC1)CCC(CN)CC2. The molecule has 2 rings (SSSR count). The molecule has 0 aliphatic heterocycles. The van der Waals surface area contributed by atoms with Crippen LogP contribution in [0, 0.1) is 17.3 Å². The second kappa shape index (κ2) is 4.22. The molecule has 0 radical (unpaired) electrons. The van der Waals surface area contributed by atoms with E-state index in [0.29, 0.717) is 0 Å². The standard InChI is InChI=1S/C13H25N/c1-11-2-6-13(7-3-11)8-4-12(10-14)5-9-13/h11-12H,2-10,14H2,1H3. The Morgan fingerprint density at radius 1 is 1.00 bits per heavy atom.